The number of halogens is 1. The van der Waals surface area contributed by atoms with Crippen molar-refractivity contribution < 1.29 is 17.2 Å². The Morgan fingerprint density at radius 2 is 1.94 bits per heavy atom. The van der Waals surface area contributed by atoms with Crippen LogP contribution in [0.4, 0.5) is 10.2 Å². The van der Waals surface area contributed by atoms with Crippen LogP contribution in [0.25, 0.3) is 33.6 Å². The van der Waals surface area contributed by atoms with E-state index in [4.69, 9.17) is 10.2 Å². The number of nitrogens with two attached hydrogens (primary N) is 1. The molecule has 33 heavy (non-hydrogen) atoms. The fourth-order valence-corrected chi connectivity index (χ4v) is 6.05. The summed E-state index contributed by atoms with van der Waals surface area (Å²) in [6, 6.07) is 7.80. The lowest BCUT2D eigenvalue weighted by molar-refractivity contribution is 0.497. The summed E-state index contributed by atoms with van der Waals surface area (Å²) in [5, 5.41) is 12.1. The highest BCUT2D eigenvalue weighted by Crippen LogP contribution is 2.31. The maximum Gasteiger partial charge on any atom is 0.270 e. The lowest BCUT2D eigenvalue weighted by Crippen LogP contribution is -2.38. The molecule has 1 unspecified atom stereocenters. The van der Waals surface area contributed by atoms with Crippen LogP contribution < -0.4 is 11.1 Å². The minimum atomic E-state index is -3.42. The molecule has 1 saturated heterocycles. The third-order valence-electron chi connectivity index (χ3n) is 5.41. The molecule has 3 aromatic heterocycles. The van der Waals surface area contributed by atoms with Crippen molar-refractivity contribution in [3.05, 3.63) is 47.7 Å². The van der Waals surface area contributed by atoms with E-state index in [-0.39, 0.29) is 33.1 Å². The highest BCUT2D eigenvalue weighted by Gasteiger charge is 2.29. The molecule has 12 heteroatoms. The van der Waals surface area contributed by atoms with Crippen LogP contribution in [0.1, 0.15) is 12.8 Å². The van der Waals surface area contributed by atoms with E-state index in [9.17, 15) is 12.8 Å². The maximum absolute atomic E-state index is 13.8. The number of nitrogens with one attached hydrogen (secondary N) is 1. The Kier molecular flexibility index (Phi) is 5.64. The second-order valence-electron chi connectivity index (χ2n) is 7.54. The highest BCUT2D eigenvalue weighted by molar-refractivity contribution is 7.92. The number of sulfone groups is 1. The number of hydrogen-bond donors (Lipinski definition) is 2. The number of aromatic nitrogens is 4. The molecule has 0 bridgehead atoms. The van der Waals surface area contributed by atoms with Crippen molar-refractivity contribution in [3.63, 3.8) is 0 Å². The molecule has 0 aliphatic carbocycles. The fourth-order valence-electron chi connectivity index (χ4n) is 3.64. The van der Waals surface area contributed by atoms with E-state index in [0.29, 0.717) is 24.2 Å². The van der Waals surface area contributed by atoms with E-state index in [1.807, 2.05) is 0 Å². The second-order valence-corrected chi connectivity index (χ2v) is 10.7. The smallest absolute Gasteiger partial charge is 0.270 e. The van der Waals surface area contributed by atoms with Gasteiger partial charge in [-0.25, -0.2) is 22.8 Å². The van der Waals surface area contributed by atoms with Gasteiger partial charge in [-0.3, -0.25) is 0 Å². The zero-order valence-electron chi connectivity index (χ0n) is 17.2. The zero-order valence-corrected chi connectivity index (χ0v) is 18.9. The molecule has 0 spiro atoms. The van der Waals surface area contributed by atoms with Crippen molar-refractivity contribution >= 4 is 27.0 Å². The van der Waals surface area contributed by atoms with Crippen molar-refractivity contribution in [1.82, 2.24) is 25.5 Å². The normalized spacial score (nSPS) is 16.7. The molecule has 1 aromatic carbocycles. The van der Waals surface area contributed by atoms with Gasteiger partial charge in [0, 0.05) is 12.1 Å². The number of nitrogens with zero attached hydrogens (tertiary/aromatic N) is 4. The van der Waals surface area contributed by atoms with Crippen LogP contribution in [0, 0.1) is 5.82 Å². The maximum atomic E-state index is 13.8. The minimum Gasteiger partial charge on any atom is -0.414 e. The van der Waals surface area contributed by atoms with Crippen molar-refractivity contribution in [2.24, 2.45) is 0 Å². The Hall–Kier alpha value is -3.22. The Bertz CT molecular complexity index is 1400. The van der Waals surface area contributed by atoms with Crippen LogP contribution in [-0.2, 0) is 9.84 Å². The molecule has 3 N–H and O–H groups in total. The summed E-state index contributed by atoms with van der Waals surface area (Å²) >= 11 is 1.14. The number of piperidine rings is 1. The summed E-state index contributed by atoms with van der Waals surface area (Å²) in [6.45, 7) is 1.30. The SMILES string of the molecule is Nc1ncc(-c2ccc(S(=O)(=O)C3CCCNC3)cc2)nc1-c1nnc(-c2sccc2F)o1. The quantitative estimate of drug-likeness (QED) is 0.436. The van der Waals surface area contributed by atoms with Gasteiger partial charge in [-0.2, -0.15) is 0 Å². The summed E-state index contributed by atoms with van der Waals surface area (Å²) in [5.74, 6) is -0.351. The Balaban J connectivity index is 1.44. The van der Waals surface area contributed by atoms with Gasteiger partial charge in [0.25, 0.3) is 11.8 Å². The van der Waals surface area contributed by atoms with Crippen molar-refractivity contribution in [2.75, 3.05) is 18.8 Å². The first-order valence-corrected chi connectivity index (χ1v) is 12.6. The number of nitrogen functional groups attached to an aromatic ring is 1. The predicted octanol–water partition coefficient (Wildman–Crippen LogP) is 3.17. The summed E-state index contributed by atoms with van der Waals surface area (Å²) in [4.78, 5) is 9.12. The first-order valence-electron chi connectivity index (χ1n) is 10.2. The van der Waals surface area contributed by atoms with Crippen LogP contribution in [0.5, 0.6) is 0 Å². The topological polar surface area (TPSA) is 137 Å². The second kappa shape index (κ2) is 8.61. The summed E-state index contributed by atoms with van der Waals surface area (Å²) < 4.78 is 45.2. The van der Waals surface area contributed by atoms with E-state index < -0.39 is 20.9 Å². The van der Waals surface area contributed by atoms with Crippen molar-refractivity contribution in [2.45, 2.75) is 23.0 Å². The molecule has 1 atom stereocenters. The largest absolute Gasteiger partial charge is 0.414 e. The first-order chi connectivity index (χ1) is 15.9. The van der Waals surface area contributed by atoms with E-state index in [0.717, 1.165) is 24.3 Å². The molecule has 1 aliphatic heterocycles. The molecule has 0 amide bonds. The predicted molar refractivity (Wildman–Crippen MR) is 122 cm³/mol. The molecule has 9 nitrogen and oxygen atoms in total. The van der Waals surface area contributed by atoms with Gasteiger partial charge in [-0.1, -0.05) is 12.1 Å². The van der Waals surface area contributed by atoms with Crippen LogP contribution in [-0.4, -0.2) is 46.9 Å². The van der Waals surface area contributed by atoms with Gasteiger partial charge in [0.05, 0.1) is 22.0 Å². The first kappa shape index (κ1) is 21.6. The lowest BCUT2D eigenvalue weighted by Gasteiger charge is -2.22. The van der Waals surface area contributed by atoms with Crippen LogP contribution in [0.2, 0.25) is 0 Å². The molecule has 0 radical (unpaired) electrons. The highest BCUT2D eigenvalue weighted by atomic mass is 32.2. The van der Waals surface area contributed by atoms with E-state index in [1.165, 1.54) is 12.3 Å². The molecule has 1 fully saturated rings. The third kappa shape index (κ3) is 4.12. The Labute approximate surface area is 192 Å². The molecular weight excluding hydrogens is 467 g/mol. The van der Waals surface area contributed by atoms with Crippen LogP contribution in [0.3, 0.4) is 0 Å². The molecule has 0 saturated carbocycles. The Morgan fingerprint density at radius 1 is 1.15 bits per heavy atom. The van der Waals surface area contributed by atoms with Gasteiger partial charge in [0.1, 0.15) is 10.7 Å². The fraction of sp³-hybridized carbons (Fsp3) is 0.238. The third-order valence-corrected chi connectivity index (χ3v) is 8.50. The van der Waals surface area contributed by atoms with Gasteiger partial charge in [-0.15, -0.1) is 21.5 Å². The number of thiophene rings is 1. The monoisotopic (exact) mass is 486 g/mol. The van der Waals surface area contributed by atoms with E-state index >= 15 is 0 Å². The molecule has 4 aromatic rings. The molecular formula is C21H19FN6O3S2. The lowest BCUT2D eigenvalue weighted by atomic mass is 10.1. The standard InChI is InChI=1S/C21H19FN6O3S2/c22-15-7-9-32-18(15)21-28-27-20(31-21)17-19(23)25-11-16(26-17)12-3-5-13(6-4-12)33(29,30)14-2-1-8-24-10-14/h3-7,9,11,14,24H,1-2,8,10H2,(H2,23,25). The Morgan fingerprint density at radius 3 is 2.64 bits per heavy atom. The summed E-state index contributed by atoms with van der Waals surface area (Å²) in [6.07, 6.45) is 2.96. The molecule has 4 heterocycles. The molecule has 170 valence electrons. The van der Waals surface area contributed by atoms with Gasteiger partial charge in [-0.05, 0) is 43.0 Å². The van der Waals surface area contributed by atoms with Gasteiger partial charge < -0.3 is 15.5 Å². The molecule has 5 rings (SSSR count). The van der Waals surface area contributed by atoms with Gasteiger partial charge in [0.15, 0.2) is 21.3 Å². The number of benzene rings is 1. The molecule has 1 aliphatic rings. The average Bonchev–Trinajstić information content (AvgIpc) is 3.49. The van der Waals surface area contributed by atoms with Gasteiger partial charge >= 0.3 is 0 Å². The number of hydrogen-bond acceptors (Lipinski definition) is 10. The number of anilines is 1. The van der Waals surface area contributed by atoms with Crippen molar-refractivity contribution in [1.29, 1.82) is 0 Å². The van der Waals surface area contributed by atoms with Crippen LogP contribution in [0.15, 0.2) is 51.2 Å². The van der Waals surface area contributed by atoms with E-state index in [1.54, 1.807) is 29.6 Å². The van der Waals surface area contributed by atoms with Crippen molar-refractivity contribution in [3.8, 4) is 33.6 Å². The number of rotatable bonds is 5. The van der Waals surface area contributed by atoms with Crippen LogP contribution >= 0.6 is 11.3 Å². The summed E-state index contributed by atoms with van der Waals surface area (Å²) in [7, 11) is -3.42. The van der Waals surface area contributed by atoms with E-state index in [2.05, 4.69) is 25.5 Å². The minimum absolute atomic E-state index is 0.00801. The van der Waals surface area contributed by atoms with Gasteiger partial charge in [0.2, 0.25) is 0 Å². The zero-order chi connectivity index (χ0) is 23.0. The average molecular weight is 487 g/mol. The summed E-state index contributed by atoms with van der Waals surface area (Å²) in [5.41, 5.74) is 7.22.